The average molecular weight is 433 g/mol. The summed E-state index contributed by atoms with van der Waals surface area (Å²) in [5.74, 6) is -0.806. The van der Waals surface area contributed by atoms with Crippen molar-refractivity contribution in [2.45, 2.75) is 20.0 Å². The number of carbonyl (C=O) groups is 2. The third kappa shape index (κ3) is 6.60. The predicted molar refractivity (Wildman–Crippen MR) is 121 cm³/mol. The Morgan fingerprint density at radius 2 is 1.69 bits per heavy atom. The van der Waals surface area contributed by atoms with Gasteiger partial charge in [0.15, 0.2) is 0 Å². The van der Waals surface area contributed by atoms with Gasteiger partial charge in [-0.2, -0.15) is 5.10 Å². The third-order valence-corrected chi connectivity index (χ3v) is 4.38. The summed E-state index contributed by atoms with van der Waals surface area (Å²) in [4.78, 5) is 24.3. The van der Waals surface area contributed by atoms with Crippen LogP contribution in [0.5, 0.6) is 17.2 Å². The lowest BCUT2D eigenvalue weighted by Gasteiger charge is -2.09. The molecule has 2 amide bonds. The SMILES string of the molecule is C/C(CC(=O)Nc1ccc(OCc2ccccc2)cc1)=N/NC(=O)c1ccc(O)cc1O. The van der Waals surface area contributed by atoms with E-state index in [0.29, 0.717) is 23.8 Å². The quantitative estimate of drug-likeness (QED) is 0.318. The number of anilines is 1. The Labute approximate surface area is 185 Å². The lowest BCUT2D eigenvalue weighted by molar-refractivity contribution is -0.115. The fraction of sp³-hybridized carbons (Fsp3) is 0.125. The van der Waals surface area contributed by atoms with Gasteiger partial charge < -0.3 is 20.3 Å². The minimum absolute atomic E-state index is 0.0336. The van der Waals surface area contributed by atoms with Crippen molar-refractivity contribution in [2.24, 2.45) is 5.10 Å². The van der Waals surface area contributed by atoms with Crippen LogP contribution in [0.3, 0.4) is 0 Å². The van der Waals surface area contributed by atoms with Gasteiger partial charge in [0.1, 0.15) is 23.9 Å². The summed E-state index contributed by atoms with van der Waals surface area (Å²) in [5.41, 5.74) is 4.27. The van der Waals surface area contributed by atoms with Crippen molar-refractivity contribution < 1.29 is 24.5 Å². The highest BCUT2D eigenvalue weighted by Crippen LogP contribution is 2.22. The molecule has 0 radical (unpaired) electrons. The molecule has 0 atom stereocenters. The van der Waals surface area contributed by atoms with Crippen molar-refractivity contribution in [3.63, 3.8) is 0 Å². The number of hydrazone groups is 1. The number of phenols is 2. The number of phenolic OH excluding ortho intramolecular Hbond substituents is 2. The standard InChI is InChI=1S/C24H23N3O5/c1-16(26-27-24(31)21-12-9-19(28)14-22(21)29)13-23(30)25-18-7-10-20(11-8-18)32-15-17-5-3-2-4-6-17/h2-12,14,28-29H,13,15H2,1H3,(H,25,30)(H,27,31)/b26-16-. The molecule has 0 aromatic heterocycles. The second kappa shape index (κ2) is 10.6. The molecule has 0 saturated carbocycles. The van der Waals surface area contributed by atoms with Gasteiger partial charge in [0.25, 0.3) is 5.91 Å². The average Bonchev–Trinajstić information content (AvgIpc) is 2.77. The number of nitrogens with one attached hydrogen (secondary N) is 2. The van der Waals surface area contributed by atoms with Gasteiger partial charge in [-0.25, -0.2) is 5.43 Å². The van der Waals surface area contributed by atoms with E-state index in [1.54, 1.807) is 31.2 Å². The van der Waals surface area contributed by atoms with Crippen molar-refractivity contribution >= 4 is 23.2 Å². The molecule has 0 aliphatic carbocycles. The van der Waals surface area contributed by atoms with Gasteiger partial charge >= 0.3 is 0 Å². The number of benzene rings is 3. The van der Waals surface area contributed by atoms with Crippen molar-refractivity contribution in [2.75, 3.05) is 5.32 Å². The zero-order valence-electron chi connectivity index (χ0n) is 17.4. The highest BCUT2D eigenvalue weighted by molar-refractivity contribution is 6.06. The van der Waals surface area contributed by atoms with Gasteiger partial charge in [0.05, 0.1) is 12.0 Å². The van der Waals surface area contributed by atoms with Gasteiger partial charge in [0, 0.05) is 17.5 Å². The Morgan fingerprint density at radius 3 is 2.38 bits per heavy atom. The highest BCUT2D eigenvalue weighted by Gasteiger charge is 2.12. The minimum Gasteiger partial charge on any atom is -0.508 e. The van der Waals surface area contributed by atoms with Gasteiger partial charge in [-0.3, -0.25) is 9.59 Å². The summed E-state index contributed by atoms with van der Waals surface area (Å²) in [7, 11) is 0. The summed E-state index contributed by atoms with van der Waals surface area (Å²) in [6.45, 7) is 2.05. The molecule has 0 aliphatic heterocycles. The zero-order chi connectivity index (χ0) is 22.9. The van der Waals surface area contributed by atoms with Crippen LogP contribution in [0.1, 0.15) is 29.3 Å². The fourth-order valence-electron chi connectivity index (χ4n) is 2.77. The van der Waals surface area contributed by atoms with E-state index < -0.39 is 5.91 Å². The van der Waals surface area contributed by atoms with Crippen LogP contribution in [0, 0.1) is 0 Å². The maximum absolute atomic E-state index is 12.2. The topological polar surface area (TPSA) is 120 Å². The van der Waals surface area contributed by atoms with Crippen LogP contribution in [0.25, 0.3) is 0 Å². The third-order valence-electron chi connectivity index (χ3n) is 4.38. The van der Waals surface area contributed by atoms with Crippen LogP contribution in [0.2, 0.25) is 0 Å². The Bertz CT molecular complexity index is 1110. The van der Waals surface area contributed by atoms with E-state index in [1.807, 2.05) is 30.3 Å². The van der Waals surface area contributed by atoms with Crippen LogP contribution >= 0.6 is 0 Å². The van der Waals surface area contributed by atoms with E-state index in [1.165, 1.54) is 12.1 Å². The largest absolute Gasteiger partial charge is 0.508 e. The minimum atomic E-state index is -0.659. The van der Waals surface area contributed by atoms with Crippen LogP contribution in [0.15, 0.2) is 77.9 Å². The van der Waals surface area contributed by atoms with E-state index >= 15 is 0 Å². The Morgan fingerprint density at radius 1 is 0.969 bits per heavy atom. The lowest BCUT2D eigenvalue weighted by Crippen LogP contribution is -2.21. The fourth-order valence-corrected chi connectivity index (χ4v) is 2.77. The van der Waals surface area contributed by atoms with Crippen LogP contribution < -0.4 is 15.5 Å². The molecule has 8 heteroatoms. The highest BCUT2D eigenvalue weighted by atomic mass is 16.5. The van der Waals surface area contributed by atoms with E-state index in [2.05, 4.69) is 15.8 Å². The summed E-state index contributed by atoms with van der Waals surface area (Å²) >= 11 is 0. The number of nitrogens with zero attached hydrogens (tertiary/aromatic N) is 1. The van der Waals surface area contributed by atoms with Gasteiger partial charge in [-0.05, 0) is 48.9 Å². The maximum atomic E-state index is 12.2. The van der Waals surface area contributed by atoms with E-state index in [4.69, 9.17) is 4.74 Å². The lowest BCUT2D eigenvalue weighted by atomic mass is 10.2. The van der Waals surface area contributed by atoms with Crippen molar-refractivity contribution in [1.82, 2.24) is 5.43 Å². The molecular weight excluding hydrogens is 410 g/mol. The molecule has 164 valence electrons. The van der Waals surface area contributed by atoms with E-state index in [-0.39, 0.29) is 29.4 Å². The molecule has 4 N–H and O–H groups in total. The van der Waals surface area contributed by atoms with Crippen molar-refractivity contribution in [3.8, 4) is 17.2 Å². The molecule has 0 aliphatic rings. The van der Waals surface area contributed by atoms with E-state index in [9.17, 15) is 19.8 Å². The molecule has 3 aromatic rings. The monoisotopic (exact) mass is 433 g/mol. The first-order valence-corrected chi connectivity index (χ1v) is 9.83. The van der Waals surface area contributed by atoms with Crippen LogP contribution in [-0.4, -0.2) is 27.7 Å². The first kappa shape index (κ1) is 22.4. The number of aromatic hydroxyl groups is 2. The zero-order valence-corrected chi connectivity index (χ0v) is 17.4. The van der Waals surface area contributed by atoms with Crippen molar-refractivity contribution in [3.05, 3.63) is 83.9 Å². The predicted octanol–water partition coefficient (Wildman–Crippen LogP) is 3.81. The van der Waals surface area contributed by atoms with Gasteiger partial charge in [-0.15, -0.1) is 0 Å². The summed E-state index contributed by atoms with van der Waals surface area (Å²) < 4.78 is 5.72. The van der Waals surface area contributed by atoms with E-state index in [0.717, 1.165) is 11.6 Å². The number of amides is 2. The van der Waals surface area contributed by atoms with Gasteiger partial charge in [-0.1, -0.05) is 30.3 Å². The summed E-state index contributed by atoms with van der Waals surface area (Å²) in [6.07, 6.45) is -0.0336. The summed E-state index contributed by atoms with van der Waals surface area (Å²) in [6, 6.07) is 20.4. The molecular formula is C24H23N3O5. The Hall–Kier alpha value is -4.33. The molecule has 8 nitrogen and oxygen atoms in total. The molecule has 32 heavy (non-hydrogen) atoms. The number of ether oxygens (including phenoxy) is 1. The second-order valence-corrected chi connectivity index (χ2v) is 7.01. The molecule has 3 rings (SSSR count). The molecule has 0 bridgehead atoms. The molecule has 0 unspecified atom stereocenters. The number of carbonyl (C=O) groups excluding carboxylic acids is 2. The Kier molecular flexibility index (Phi) is 7.42. The van der Waals surface area contributed by atoms with Crippen LogP contribution in [-0.2, 0) is 11.4 Å². The first-order valence-electron chi connectivity index (χ1n) is 9.83. The molecule has 0 saturated heterocycles. The second-order valence-electron chi connectivity index (χ2n) is 7.01. The smallest absolute Gasteiger partial charge is 0.275 e. The first-order chi connectivity index (χ1) is 15.4. The number of rotatable bonds is 8. The number of hydrogen-bond acceptors (Lipinski definition) is 6. The van der Waals surface area contributed by atoms with Gasteiger partial charge in [0.2, 0.25) is 5.91 Å². The Balaban J connectivity index is 1.47. The maximum Gasteiger partial charge on any atom is 0.275 e. The normalized spacial score (nSPS) is 11.0. The molecule has 0 spiro atoms. The molecule has 0 fully saturated rings. The van der Waals surface area contributed by atoms with Crippen molar-refractivity contribution in [1.29, 1.82) is 0 Å². The van der Waals surface area contributed by atoms with Crippen LogP contribution in [0.4, 0.5) is 5.69 Å². The summed E-state index contributed by atoms with van der Waals surface area (Å²) in [5, 5.41) is 25.6. The molecule has 3 aromatic carbocycles. The molecule has 0 heterocycles. The number of hydrogen-bond donors (Lipinski definition) is 4.